The van der Waals surface area contributed by atoms with Crippen molar-refractivity contribution < 1.29 is 38.4 Å². The van der Waals surface area contributed by atoms with E-state index in [9.17, 15) is 15.0 Å². The number of rotatable bonds is 5. The van der Waals surface area contributed by atoms with E-state index < -0.39 is 47.0 Å². The van der Waals surface area contributed by atoms with Gasteiger partial charge in [0.25, 0.3) is 0 Å². The third-order valence-corrected chi connectivity index (χ3v) is 11.9. The standard InChI is InChI=1S/C33H46O8/c1-8-17(3)30(36)41-24-14-23(34)31(5)16-39-27-28(31)32(24,6)22-13-25(38-9-2)40-21-12-20(19-10-11-37-15-19)18(4)26(21)33(22,7)29(27)35/h8,10-11,15,20-25,27-29,34-35H,9,12-14,16H2,1-7H3/b17-8+/t20-,21+,22-,23-,24+,25-,27-,28+,29-,31-,32+,33-/m1/s1. The van der Waals surface area contributed by atoms with Crippen LogP contribution in [0.15, 0.2) is 45.8 Å². The van der Waals surface area contributed by atoms with Gasteiger partial charge in [-0.25, -0.2) is 4.79 Å². The normalized spacial score (nSPS) is 47.4. The van der Waals surface area contributed by atoms with Gasteiger partial charge in [-0.3, -0.25) is 0 Å². The second-order valence-corrected chi connectivity index (χ2v) is 13.7. The SMILES string of the molecule is C/C=C(\C)C(=O)O[C@H]1C[C@@H](O)[C@@]2(C)CO[C@H]3[C@@H](O)[C@@]4(C)C5=C(C)[C@H](c6ccoc6)C[C@@H]5O[C@@H](OCC)C[C@@H]4[C@]1(C)[C@@H]32. The predicted molar refractivity (Wildman–Crippen MR) is 151 cm³/mol. The molecule has 6 rings (SSSR count). The summed E-state index contributed by atoms with van der Waals surface area (Å²) >= 11 is 0. The molecule has 0 unspecified atom stereocenters. The average Bonchev–Trinajstić information content (AvgIpc) is 3.65. The van der Waals surface area contributed by atoms with Crippen LogP contribution in [-0.2, 0) is 23.7 Å². The maximum Gasteiger partial charge on any atom is 0.333 e. The van der Waals surface area contributed by atoms with Gasteiger partial charge >= 0.3 is 5.97 Å². The summed E-state index contributed by atoms with van der Waals surface area (Å²) in [7, 11) is 0. The molecule has 8 heteroatoms. The zero-order chi connectivity index (χ0) is 29.5. The first-order valence-electron chi connectivity index (χ1n) is 15.2. The first-order valence-corrected chi connectivity index (χ1v) is 15.2. The minimum Gasteiger partial charge on any atom is -0.472 e. The Hall–Kier alpha value is -1.97. The number of aliphatic hydroxyl groups is 2. The lowest BCUT2D eigenvalue weighted by atomic mass is 9.39. The third kappa shape index (κ3) is 3.93. The lowest BCUT2D eigenvalue weighted by Gasteiger charge is -2.66. The second-order valence-electron chi connectivity index (χ2n) is 13.7. The van der Waals surface area contributed by atoms with E-state index in [1.165, 1.54) is 5.57 Å². The van der Waals surface area contributed by atoms with E-state index in [-0.39, 0.29) is 29.8 Å². The van der Waals surface area contributed by atoms with E-state index in [2.05, 4.69) is 27.7 Å². The van der Waals surface area contributed by atoms with Gasteiger partial charge in [0.1, 0.15) is 6.10 Å². The van der Waals surface area contributed by atoms with Crippen LogP contribution in [-0.4, -0.2) is 66.2 Å². The number of hydrogen-bond acceptors (Lipinski definition) is 8. The Kier molecular flexibility index (Phi) is 7.14. The highest BCUT2D eigenvalue weighted by atomic mass is 16.7. The molecule has 2 aliphatic heterocycles. The molecule has 41 heavy (non-hydrogen) atoms. The number of carbonyl (C=O) groups excluding carboxylic acids is 1. The van der Waals surface area contributed by atoms with Crippen LogP contribution >= 0.6 is 0 Å². The summed E-state index contributed by atoms with van der Waals surface area (Å²) in [4.78, 5) is 13.3. The van der Waals surface area contributed by atoms with Gasteiger partial charge in [0.2, 0.25) is 0 Å². The number of esters is 1. The number of furan rings is 1. The van der Waals surface area contributed by atoms with Crippen molar-refractivity contribution in [3.63, 3.8) is 0 Å². The van der Waals surface area contributed by atoms with Gasteiger partial charge in [0.15, 0.2) is 6.29 Å². The van der Waals surface area contributed by atoms with Crippen LogP contribution in [0.1, 0.15) is 79.2 Å². The van der Waals surface area contributed by atoms with Crippen molar-refractivity contribution in [3.8, 4) is 0 Å². The van der Waals surface area contributed by atoms with Crippen LogP contribution < -0.4 is 0 Å². The fraction of sp³-hybridized carbons (Fsp3) is 0.727. The quantitative estimate of drug-likeness (QED) is 0.292. The Bertz CT molecular complexity index is 1240. The summed E-state index contributed by atoms with van der Waals surface area (Å²) < 4.78 is 31.3. The van der Waals surface area contributed by atoms with Gasteiger partial charge in [-0.1, -0.05) is 32.4 Å². The Morgan fingerprint density at radius 1 is 1.20 bits per heavy atom. The van der Waals surface area contributed by atoms with Crippen molar-refractivity contribution in [1.29, 1.82) is 0 Å². The van der Waals surface area contributed by atoms with Crippen LogP contribution in [0, 0.1) is 28.1 Å². The summed E-state index contributed by atoms with van der Waals surface area (Å²) in [5.41, 5.74) is 1.92. The predicted octanol–water partition coefficient (Wildman–Crippen LogP) is 4.90. The lowest BCUT2D eigenvalue weighted by Crippen LogP contribution is -2.71. The van der Waals surface area contributed by atoms with Crippen LogP contribution in [0.2, 0.25) is 0 Å². The molecule has 0 spiro atoms. The first-order chi connectivity index (χ1) is 19.4. The second kappa shape index (κ2) is 10.1. The molecule has 1 aromatic heterocycles. The number of ether oxygens (including phenoxy) is 4. The fourth-order valence-electron chi connectivity index (χ4n) is 9.83. The van der Waals surface area contributed by atoms with Crippen molar-refractivity contribution in [2.75, 3.05) is 13.2 Å². The highest BCUT2D eigenvalue weighted by Crippen LogP contribution is 2.72. The number of aliphatic hydroxyl groups excluding tert-OH is 2. The molecule has 4 fully saturated rings. The molecular weight excluding hydrogens is 524 g/mol. The summed E-state index contributed by atoms with van der Waals surface area (Å²) in [6.45, 7) is 15.0. The Morgan fingerprint density at radius 3 is 2.61 bits per heavy atom. The average molecular weight is 571 g/mol. The summed E-state index contributed by atoms with van der Waals surface area (Å²) in [5.74, 6) is -0.698. The molecular formula is C33H46O8. The van der Waals surface area contributed by atoms with Gasteiger partial charge in [-0.2, -0.15) is 0 Å². The van der Waals surface area contributed by atoms with Gasteiger partial charge in [0, 0.05) is 53.1 Å². The smallest absolute Gasteiger partial charge is 0.333 e. The molecule has 1 aromatic rings. The topological polar surface area (TPSA) is 108 Å². The number of carbonyl (C=O) groups is 1. The third-order valence-electron chi connectivity index (χ3n) is 11.9. The van der Waals surface area contributed by atoms with Crippen LogP contribution in [0.25, 0.3) is 0 Å². The van der Waals surface area contributed by atoms with Crippen molar-refractivity contribution in [2.24, 2.45) is 28.1 Å². The number of hydrogen-bond donors (Lipinski definition) is 2. The van der Waals surface area contributed by atoms with E-state index >= 15 is 0 Å². The van der Waals surface area contributed by atoms with E-state index in [1.807, 2.05) is 19.9 Å². The van der Waals surface area contributed by atoms with E-state index in [4.69, 9.17) is 23.4 Å². The van der Waals surface area contributed by atoms with Gasteiger partial charge < -0.3 is 33.6 Å². The fourth-order valence-corrected chi connectivity index (χ4v) is 9.83. The minimum absolute atomic E-state index is 0.0956. The number of fused-ring (bicyclic) bond motifs is 4. The van der Waals surface area contributed by atoms with Crippen molar-refractivity contribution in [2.45, 2.75) is 110 Å². The molecule has 2 N–H and O–H groups in total. The van der Waals surface area contributed by atoms with Gasteiger partial charge in [-0.05, 0) is 57.2 Å². The summed E-state index contributed by atoms with van der Waals surface area (Å²) in [5, 5.41) is 24.0. The van der Waals surface area contributed by atoms with Gasteiger partial charge in [-0.15, -0.1) is 0 Å². The molecule has 0 bridgehead atoms. The Balaban J connectivity index is 1.55. The summed E-state index contributed by atoms with van der Waals surface area (Å²) in [6, 6.07) is 2.00. The molecule has 8 nitrogen and oxygen atoms in total. The maximum atomic E-state index is 13.3. The van der Waals surface area contributed by atoms with E-state index in [0.717, 1.165) is 17.6 Å². The van der Waals surface area contributed by atoms with Gasteiger partial charge in [0.05, 0.1) is 43.5 Å². The first kappa shape index (κ1) is 29.1. The number of allylic oxidation sites excluding steroid dienone is 2. The largest absolute Gasteiger partial charge is 0.472 e. The maximum absolute atomic E-state index is 13.3. The van der Waals surface area contributed by atoms with Crippen LogP contribution in [0.4, 0.5) is 0 Å². The van der Waals surface area contributed by atoms with Crippen molar-refractivity contribution in [3.05, 3.63) is 47.0 Å². The molecule has 5 aliphatic rings. The summed E-state index contributed by atoms with van der Waals surface area (Å²) in [6.07, 6.45) is 3.41. The van der Waals surface area contributed by atoms with Crippen LogP contribution in [0.3, 0.4) is 0 Å². The van der Waals surface area contributed by atoms with Crippen LogP contribution in [0.5, 0.6) is 0 Å². The lowest BCUT2D eigenvalue weighted by molar-refractivity contribution is -0.258. The zero-order valence-electron chi connectivity index (χ0n) is 25.4. The molecule has 12 atom stereocenters. The Morgan fingerprint density at radius 2 is 1.95 bits per heavy atom. The molecule has 2 saturated heterocycles. The highest BCUT2D eigenvalue weighted by molar-refractivity contribution is 5.87. The molecule has 3 heterocycles. The molecule has 2 saturated carbocycles. The van der Waals surface area contributed by atoms with Crippen molar-refractivity contribution in [1.82, 2.24) is 0 Å². The zero-order valence-corrected chi connectivity index (χ0v) is 25.4. The van der Waals surface area contributed by atoms with E-state index in [0.29, 0.717) is 31.6 Å². The molecule has 0 aromatic carbocycles. The van der Waals surface area contributed by atoms with E-state index in [1.54, 1.807) is 25.5 Å². The highest BCUT2D eigenvalue weighted by Gasteiger charge is 2.76. The molecule has 0 radical (unpaired) electrons. The molecule has 3 aliphatic carbocycles. The molecule has 0 amide bonds. The Labute approximate surface area is 243 Å². The molecule has 226 valence electrons. The monoisotopic (exact) mass is 570 g/mol. The van der Waals surface area contributed by atoms with Crippen molar-refractivity contribution >= 4 is 5.97 Å². The minimum atomic E-state index is -0.842.